The Morgan fingerprint density at radius 1 is 1.21 bits per heavy atom. The Labute approximate surface area is 169 Å². The first-order valence-corrected chi connectivity index (χ1v) is 9.91. The fraction of sp³-hybridized carbons (Fsp3) is 0.348. The summed E-state index contributed by atoms with van der Waals surface area (Å²) in [5.74, 6) is -0.464. The average molecular weight is 399 g/mol. The second-order valence-corrected chi connectivity index (χ2v) is 8.84. The number of rotatable bonds is 4. The Balaban J connectivity index is 1.81. The number of carbonyl (C=O) groups excluding carboxylic acids is 1. The molecule has 0 bridgehead atoms. The average Bonchev–Trinajstić information content (AvgIpc) is 2.93. The normalized spacial score (nSPS) is 15.0. The highest BCUT2D eigenvalue weighted by atomic mass is 35.5. The maximum atomic E-state index is 14.2. The van der Waals surface area contributed by atoms with E-state index in [9.17, 15) is 9.18 Å². The number of hydrogen-bond acceptors (Lipinski definition) is 2. The summed E-state index contributed by atoms with van der Waals surface area (Å²) in [5, 5.41) is 1.94. The fourth-order valence-corrected chi connectivity index (χ4v) is 4.44. The Morgan fingerprint density at radius 2 is 2.00 bits per heavy atom. The summed E-state index contributed by atoms with van der Waals surface area (Å²) in [6.07, 6.45) is 1.54. The molecule has 0 fully saturated rings. The van der Waals surface area contributed by atoms with E-state index in [1.165, 1.54) is 28.2 Å². The molecule has 0 N–H and O–H groups in total. The molecule has 4 rings (SSSR count). The summed E-state index contributed by atoms with van der Waals surface area (Å²) in [6, 6.07) is 11.0. The summed E-state index contributed by atoms with van der Waals surface area (Å²) in [5.41, 5.74) is 4.53. The van der Waals surface area contributed by atoms with Gasteiger partial charge in [0, 0.05) is 53.1 Å². The van der Waals surface area contributed by atoms with Crippen molar-refractivity contribution < 1.29 is 9.18 Å². The van der Waals surface area contributed by atoms with E-state index in [0.717, 1.165) is 36.6 Å². The van der Waals surface area contributed by atoms with E-state index in [1.54, 1.807) is 6.07 Å². The SMILES string of the molecule is CN1CCc2c(c3cc(Cl)ccc3n2CC(C)(C)c2ccc(C=O)c(F)c2)C1. The third-order valence-corrected chi connectivity index (χ3v) is 6.10. The van der Waals surface area contributed by atoms with Crippen LogP contribution >= 0.6 is 11.6 Å². The number of carbonyl (C=O) groups is 1. The lowest BCUT2D eigenvalue weighted by Crippen LogP contribution is -2.30. The largest absolute Gasteiger partial charge is 0.343 e. The van der Waals surface area contributed by atoms with E-state index >= 15 is 0 Å². The van der Waals surface area contributed by atoms with Gasteiger partial charge in [-0.15, -0.1) is 0 Å². The van der Waals surface area contributed by atoms with Crippen molar-refractivity contribution in [1.82, 2.24) is 9.47 Å². The van der Waals surface area contributed by atoms with E-state index in [-0.39, 0.29) is 11.0 Å². The third kappa shape index (κ3) is 3.25. The molecule has 1 aliphatic rings. The van der Waals surface area contributed by atoms with Crippen LogP contribution in [0.2, 0.25) is 5.02 Å². The van der Waals surface area contributed by atoms with Crippen LogP contribution in [0.4, 0.5) is 4.39 Å². The summed E-state index contributed by atoms with van der Waals surface area (Å²) in [4.78, 5) is 13.3. The van der Waals surface area contributed by atoms with Crippen LogP contribution in [0.5, 0.6) is 0 Å². The molecule has 0 amide bonds. The molecule has 0 saturated heterocycles. The molecule has 146 valence electrons. The smallest absolute Gasteiger partial charge is 0.152 e. The van der Waals surface area contributed by atoms with Crippen molar-refractivity contribution in [2.24, 2.45) is 0 Å². The second-order valence-electron chi connectivity index (χ2n) is 8.40. The molecule has 0 radical (unpaired) electrons. The van der Waals surface area contributed by atoms with Crippen LogP contribution in [0.15, 0.2) is 36.4 Å². The minimum Gasteiger partial charge on any atom is -0.343 e. The van der Waals surface area contributed by atoms with Crippen molar-refractivity contribution in [2.75, 3.05) is 13.6 Å². The quantitative estimate of drug-likeness (QED) is 0.563. The van der Waals surface area contributed by atoms with Crippen LogP contribution in [0.3, 0.4) is 0 Å². The molecule has 2 heterocycles. The van der Waals surface area contributed by atoms with E-state index in [2.05, 4.69) is 42.5 Å². The molecular formula is C23H24ClFN2O. The minimum atomic E-state index is -0.464. The van der Waals surface area contributed by atoms with Gasteiger partial charge in [-0.05, 0) is 48.5 Å². The molecule has 0 saturated carbocycles. The van der Waals surface area contributed by atoms with Gasteiger partial charge in [0.1, 0.15) is 5.82 Å². The lowest BCUT2D eigenvalue weighted by molar-refractivity contribution is 0.111. The van der Waals surface area contributed by atoms with Gasteiger partial charge in [0.05, 0.1) is 5.56 Å². The van der Waals surface area contributed by atoms with Crippen molar-refractivity contribution in [3.8, 4) is 0 Å². The number of aromatic nitrogens is 1. The van der Waals surface area contributed by atoms with Crippen molar-refractivity contribution in [1.29, 1.82) is 0 Å². The molecule has 2 aromatic carbocycles. The second kappa shape index (κ2) is 7.02. The third-order valence-electron chi connectivity index (χ3n) is 5.87. The van der Waals surface area contributed by atoms with Gasteiger partial charge in [-0.25, -0.2) is 4.39 Å². The lowest BCUT2D eigenvalue weighted by Gasteiger charge is -2.30. The van der Waals surface area contributed by atoms with Gasteiger partial charge in [-0.3, -0.25) is 4.79 Å². The van der Waals surface area contributed by atoms with E-state index in [4.69, 9.17) is 11.6 Å². The van der Waals surface area contributed by atoms with Crippen molar-refractivity contribution >= 4 is 28.8 Å². The number of likely N-dealkylation sites (N-methyl/N-ethyl adjacent to an activating group) is 1. The van der Waals surface area contributed by atoms with Crippen molar-refractivity contribution in [3.05, 3.63) is 69.6 Å². The lowest BCUT2D eigenvalue weighted by atomic mass is 9.83. The van der Waals surface area contributed by atoms with Crippen LogP contribution in [-0.2, 0) is 24.9 Å². The maximum Gasteiger partial charge on any atom is 0.152 e. The first-order valence-electron chi connectivity index (χ1n) is 9.53. The number of halogens is 2. The molecule has 0 unspecified atom stereocenters. The van der Waals surface area contributed by atoms with Crippen molar-refractivity contribution in [3.63, 3.8) is 0 Å². The van der Waals surface area contributed by atoms with Gasteiger partial charge in [0.2, 0.25) is 0 Å². The molecule has 0 spiro atoms. The first kappa shape index (κ1) is 19.2. The summed E-state index contributed by atoms with van der Waals surface area (Å²) < 4.78 is 16.6. The molecule has 28 heavy (non-hydrogen) atoms. The summed E-state index contributed by atoms with van der Waals surface area (Å²) >= 11 is 6.29. The molecule has 3 aromatic rings. The van der Waals surface area contributed by atoms with Gasteiger partial charge >= 0.3 is 0 Å². The van der Waals surface area contributed by atoms with Gasteiger partial charge in [-0.1, -0.05) is 31.5 Å². The minimum absolute atomic E-state index is 0.0982. The number of fused-ring (bicyclic) bond motifs is 3. The van der Waals surface area contributed by atoms with Crippen LogP contribution in [0.1, 0.15) is 41.0 Å². The monoisotopic (exact) mass is 398 g/mol. The van der Waals surface area contributed by atoms with Crippen LogP contribution in [0.25, 0.3) is 10.9 Å². The predicted molar refractivity (Wildman–Crippen MR) is 112 cm³/mol. The molecule has 1 aliphatic heterocycles. The molecule has 5 heteroatoms. The topological polar surface area (TPSA) is 25.2 Å². The predicted octanol–water partition coefficient (Wildman–Crippen LogP) is 5.21. The van der Waals surface area contributed by atoms with Crippen LogP contribution in [0, 0.1) is 5.82 Å². The zero-order valence-electron chi connectivity index (χ0n) is 16.4. The summed E-state index contributed by atoms with van der Waals surface area (Å²) in [7, 11) is 2.14. The zero-order valence-corrected chi connectivity index (χ0v) is 17.2. The molecular weight excluding hydrogens is 375 g/mol. The Morgan fingerprint density at radius 3 is 2.71 bits per heavy atom. The highest BCUT2D eigenvalue weighted by Crippen LogP contribution is 2.36. The highest BCUT2D eigenvalue weighted by Gasteiger charge is 2.28. The van der Waals surface area contributed by atoms with Gasteiger partial charge < -0.3 is 9.47 Å². The standard InChI is InChI=1S/C23H24ClFN2O/c1-23(2,16-5-4-15(13-28)20(25)10-16)14-27-21-7-6-17(24)11-18(21)19-12-26(3)9-8-22(19)27/h4-7,10-11,13H,8-9,12,14H2,1-3H3. The number of benzene rings is 2. The Bertz CT molecular complexity index is 1070. The number of hydrogen-bond donors (Lipinski definition) is 0. The number of aldehydes is 1. The van der Waals surface area contributed by atoms with Crippen LogP contribution in [-0.4, -0.2) is 29.3 Å². The Hall–Kier alpha value is -2.17. The molecule has 1 aromatic heterocycles. The van der Waals surface area contributed by atoms with Crippen LogP contribution < -0.4 is 0 Å². The highest BCUT2D eigenvalue weighted by molar-refractivity contribution is 6.31. The van der Waals surface area contributed by atoms with Gasteiger partial charge in [0.25, 0.3) is 0 Å². The molecule has 3 nitrogen and oxygen atoms in total. The van der Waals surface area contributed by atoms with Crippen molar-refractivity contribution in [2.45, 2.75) is 38.8 Å². The van der Waals surface area contributed by atoms with E-state index in [0.29, 0.717) is 6.29 Å². The zero-order chi connectivity index (χ0) is 20.1. The first-order chi connectivity index (χ1) is 13.3. The molecule has 0 aliphatic carbocycles. The van der Waals surface area contributed by atoms with Gasteiger partial charge in [-0.2, -0.15) is 0 Å². The summed E-state index contributed by atoms with van der Waals surface area (Å²) in [6.45, 7) is 6.88. The number of nitrogens with zero attached hydrogens (tertiary/aromatic N) is 2. The van der Waals surface area contributed by atoms with E-state index < -0.39 is 5.82 Å². The molecule has 0 atom stereocenters. The maximum absolute atomic E-state index is 14.2. The fourth-order valence-electron chi connectivity index (χ4n) is 4.27. The van der Waals surface area contributed by atoms with Gasteiger partial charge in [0.15, 0.2) is 6.29 Å². The Kier molecular flexibility index (Phi) is 4.80. The van der Waals surface area contributed by atoms with E-state index in [1.807, 2.05) is 12.1 Å².